The van der Waals surface area contributed by atoms with Crippen molar-refractivity contribution in [3.05, 3.63) is 71.8 Å². The molecule has 15 heteroatoms. The van der Waals surface area contributed by atoms with Crippen LogP contribution >= 0.6 is 11.8 Å². The van der Waals surface area contributed by atoms with E-state index in [-0.39, 0.29) is 48.1 Å². The molecule has 0 radical (unpaired) electrons. The zero-order valence-electron chi connectivity index (χ0n) is 25.5. The van der Waals surface area contributed by atoms with Crippen LogP contribution in [0.3, 0.4) is 0 Å². The van der Waals surface area contributed by atoms with Crippen LogP contribution < -0.4 is 15.5 Å². The molecule has 3 aromatic rings. The quantitative estimate of drug-likeness (QED) is 0.105. The summed E-state index contributed by atoms with van der Waals surface area (Å²) >= 11 is 1.58. The molecule has 244 valence electrons. The molecule has 1 atom stereocenters. The topological polar surface area (TPSA) is 143 Å². The number of amides is 1. The first-order valence-corrected chi connectivity index (χ1v) is 16.0. The number of hydrazone groups is 1. The summed E-state index contributed by atoms with van der Waals surface area (Å²) in [6, 6.07) is 5.56. The van der Waals surface area contributed by atoms with Crippen LogP contribution in [0.2, 0.25) is 0 Å². The van der Waals surface area contributed by atoms with Crippen molar-refractivity contribution in [3.63, 3.8) is 0 Å². The molecule has 0 bridgehead atoms. The Morgan fingerprint density at radius 1 is 1.22 bits per heavy atom. The second-order valence-electron chi connectivity index (χ2n) is 10.9. The molecule has 1 amide bonds. The summed E-state index contributed by atoms with van der Waals surface area (Å²) in [5.41, 5.74) is 2.98. The number of carbonyl (C=O) groups is 1. The van der Waals surface area contributed by atoms with E-state index in [1.54, 1.807) is 34.8 Å². The smallest absolute Gasteiger partial charge is 0.407 e. The van der Waals surface area contributed by atoms with Crippen molar-refractivity contribution >= 4 is 29.8 Å². The van der Waals surface area contributed by atoms with Gasteiger partial charge in [-0.05, 0) is 70.4 Å². The summed E-state index contributed by atoms with van der Waals surface area (Å²) in [4.78, 5) is 18.4. The number of alkyl carbamates (subject to hydrolysis) is 1. The molecule has 1 fully saturated rings. The van der Waals surface area contributed by atoms with Crippen LogP contribution in [0, 0.1) is 17.0 Å². The number of ether oxygens (including phenoxy) is 2. The van der Waals surface area contributed by atoms with Gasteiger partial charge in [0.1, 0.15) is 24.7 Å². The van der Waals surface area contributed by atoms with E-state index in [1.165, 1.54) is 0 Å². The summed E-state index contributed by atoms with van der Waals surface area (Å²) in [5, 5.41) is 24.0. The maximum atomic E-state index is 15.1. The van der Waals surface area contributed by atoms with E-state index in [9.17, 15) is 4.79 Å². The number of benzene rings is 1. The zero-order valence-corrected chi connectivity index (χ0v) is 26.3. The van der Waals surface area contributed by atoms with Crippen LogP contribution in [0.5, 0.6) is 5.75 Å². The molecule has 3 N–H and O–H groups in total. The molecule has 3 heterocycles. The number of thioether (sulfide) groups is 1. The van der Waals surface area contributed by atoms with Crippen LogP contribution in [0.15, 0.2) is 59.1 Å². The number of piperidine rings is 1. The largest absolute Gasteiger partial charge is 0.482 e. The van der Waals surface area contributed by atoms with Crippen molar-refractivity contribution in [1.29, 1.82) is 5.41 Å². The minimum Gasteiger partial charge on any atom is -0.482 e. The number of halogens is 2. The van der Waals surface area contributed by atoms with Crippen LogP contribution in [0.1, 0.15) is 43.5 Å². The van der Waals surface area contributed by atoms with E-state index in [0.717, 1.165) is 69.2 Å². The minimum absolute atomic E-state index is 0.00189. The Morgan fingerprint density at radius 2 is 2.07 bits per heavy atom. The van der Waals surface area contributed by atoms with E-state index in [2.05, 4.69) is 48.1 Å². The van der Waals surface area contributed by atoms with Gasteiger partial charge in [0.05, 0.1) is 18.4 Å². The molecular formula is C31H37F2N9O3S. The number of allylic oxidation sites excluding steroid dienone is 1. The molecule has 1 aromatic carbocycles. The number of nitrogens with one attached hydrogen (secondary N) is 3. The highest BCUT2D eigenvalue weighted by Gasteiger charge is 2.22. The number of nitrogens with zero attached hydrogens (tertiary/aromatic N) is 6. The van der Waals surface area contributed by atoms with Gasteiger partial charge in [0, 0.05) is 35.3 Å². The summed E-state index contributed by atoms with van der Waals surface area (Å²) in [6.07, 6.45) is 12.8. The average Bonchev–Trinajstić information content (AvgIpc) is 3.47. The molecule has 12 nitrogen and oxygen atoms in total. The number of carbonyl (C=O) groups excluding carboxylic acids is 1. The molecule has 1 aliphatic carbocycles. The lowest BCUT2D eigenvalue weighted by atomic mass is 10.1. The van der Waals surface area contributed by atoms with Crippen LogP contribution in [-0.2, 0) is 11.3 Å². The highest BCUT2D eigenvalue weighted by atomic mass is 32.2. The number of aromatic nitrogens is 4. The fourth-order valence-corrected chi connectivity index (χ4v) is 6.22. The Kier molecular flexibility index (Phi) is 11.7. The molecule has 0 saturated carbocycles. The first-order chi connectivity index (χ1) is 22.4. The normalized spacial score (nSPS) is 17.5. The van der Waals surface area contributed by atoms with Crippen LogP contribution in [0.4, 0.5) is 13.6 Å². The molecule has 1 saturated heterocycles. The Morgan fingerprint density at radius 3 is 2.80 bits per heavy atom. The van der Waals surface area contributed by atoms with Gasteiger partial charge in [0.2, 0.25) is 0 Å². The lowest BCUT2D eigenvalue weighted by Gasteiger charge is -2.29. The van der Waals surface area contributed by atoms with Gasteiger partial charge >= 0.3 is 6.09 Å². The van der Waals surface area contributed by atoms with Crippen molar-refractivity contribution in [2.75, 3.05) is 33.3 Å². The van der Waals surface area contributed by atoms with Crippen molar-refractivity contribution in [2.24, 2.45) is 5.10 Å². The Balaban J connectivity index is 1.19. The van der Waals surface area contributed by atoms with E-state index in [1.807, 2.05) is 13.1 Å². The van der Waals surface area contributed by atoms with Crippen LogP contribution in [-0.4, -0.2) is 87.2 Å². The molecule has 46 heavy (non-hydrogen) atoms. The number of hydrogen-bond donors (Lipinski definition) is 3. The highest BCUT2D eigenvalue weighted by Crippen LogP contribution is 2.31. The predicted octanol–water partition coefficient (Wildman–Crippen LogP) is 4.48. The fourth-order valence-electron chi connectivity index (χ4n) is 5.07. The minimum atomic E-state index is -0.839. The molecule has 5 rings (SSSR count). The maximum Gasteiger partial charge on any atom is 0.407 e. The van der Waals surface area contributed by atoms with Crippen molar-refractivity contribution in [1.82, 2.24) is 35.4 Å². The molecule has 2 aliphatic rings. The molecule has 0 spiro atoms. The number of likely N-dealkylation sites (tertiary alicyclic amines) is 1. The number of rotatable bonds is 13. The third kappa shape index (κ3) is 8.88. The monoisotopic (exact) mass is 653 g/mol. The lowest BCUT2D eigenvalue weighted by molar-refractivity contribution is 0.136. The summed E-state index contributed by atoms with van der Waals surface area (Å²) < 4.78 is 42.9. The van der Waals surface area contributed by atoms with E-state index < -0.39 is 17.7 Å². The van der Waals surface area contributed by atoms with Crippen molar-refractivity contribution in [3.8, 4) is 11.4 Å². The summed E-state index contributed by atoms with van der Waals surface area (Å²) in [7, 11) is 2.04. The third-order valence-corrected chi connectivity index (χ3v) is 8.72. The zero-order chi connectivity index (χ0) is 32.3. The maximum absolute atomic E-state index is 15.1. The highest BCUT2D eigenvalue weighted by molar-refractivity contribution is 7.99. The average molecular weight is 654 g/mol. The first-order valence-electron chi connectivity index (χ1n) is 15.1. The van der Waals surface area contributed by atoms with Gasteiger partial charge in [0.25, 0.3) is 0 Å². The van der Waals surface area contributed by atoms with E-state index in [4.69, 9.17) is 14.9 Å². The number of hydrogen-bond acceptors (Lipinski definition) is 11. The molecule has 1 unspecified atom stereocenters. The van der Waals surface area contributed by atoms with Crippen molar-refractivity contribution in [2.45, 2.75) is 55.2 Å². The van der Waals surface area contributed by atoms with Gasteiger partial charge < -0.3 is 30.5 Å². The fraction of sp³-hybridized carbons (Fsp3) is 0.419. The van der Waals surface area contributed by atoms with Gasteiger partial charge in [-0.1, -0.05) is 23.9 Å². The van der Waals surface area contributed by atoms with Gasteiger partial charge in [0.15, 0.2) is 22.5 Å². The van der Waals surface area contributed by atoms with Gasteiger partial charge in [-0.2, -0.15) is 5.10 Å². The second kappa shape index (κ2) is 16.3. The molecular weight excluding hydrogens is 616 g/mol. The van der Waals surface area contributed by atoms with E-state index >= 15 is 8.78 Å². The SMILES string of the molecule is CN1CCC(NC(=O)OCCN/N=C(\C=N)c2cc(F)c(OCc3nnc(SC4C=CCCC4)n3-c3cccnc3)cc2F)CC1. The lowest BCUT2D eigenvalue weighted by Crippen LogP contribution is -2.43. The Bertz CT molecular complexity index is 1550. The van der Waals surface area contributed by atoms with Crippen molar-refractivity contribution < 1.29 is 23.0 Å². The van der Waals surface area contributed by atoms with E-state index in [0.29, 0.717) is 11.0 Å². The van der Waals surface area contributed by atoms with Gasteiger partial charge in [-0.15, -0.1) is 10.2 Å². The van der Waals surface area contributed by atoms with Gasteiger partial charge in [-0.3, -0.25) is 9.55 Å². The summed E-state index contributed by atoms with van der Waals surface area (Å²) in [6.45, 7) is 1.74. The van der Waals surface area contributed by atoms with Crippen LogP contribution in [0.25, 0.3) is 5.69 Å². The standard InChI is InChI=1S/C31H37F2N9O3S/c1-41-13-9-21(10-14-41)37-31(43)44-15-12-36-38-27(18-34)24-16-26(33)28(17-25(24)32)45-20-29-39-40-30(46-23-7-3-2-4-8-23)42(29)22-6-5-11-35-19-22/h3,5-7,11,16-19,21,23,34,36H,2,4,8-10,12-15,20H2,1H3,(H,37,43)/b34-18?,38-27+. The summed E-state index contributed by atoms with van der Waals surface area (Å²) in [5.74, 6) is -1.60. The Labute approximate surface area is 270 Å². The Hall–Kier alpha value is -4.37. The number of pyridine rings is 1. The second-order valence-corrected chi connectivity index (χ2v) is 12.1. The first kappa shape index (κ1) is 33.0. The predicted molar refractivity (Wildman–Crippen MR) is 171 cm³/mol. The molecule has 2 aromatic heterocycles. The third-order valence-electron chi connectivity index (χ3n) is 7.55. The van der Waals surface area contributed by atoms with Gasteiger partial charge in [-0.25, -0.2) is 13.6 Å². The molecule has 1 aliphatic heterocycles.